The first-order chi connectivity index (χ1) is 14.9. The van der Waals surface area contributed by atoms with Gasteiger partial charge in [-0.05, 0) is 31.9 Å². The fourth-order valence-corrected chi connectivity index (χ4v) is 4.10. The first-order valence-corrected chi connectivity index (χ1v) is 11.2. The molecule has 1 saturated heterocycles. The Bertz CT molecular complexity index is 1080. The molecule has 7 nitrogen and oxygen atoms in total. The highest BCUT2D eigenvalue weighted by molar-refractivity contribution is 5.91. The predicted octanol–water partition coefficient (Wildman–Crippen LogP) is 3.69. The third-order valence-electron chi connectivity index (χ3n) is 5.84. The molecule has 0 bridgehead atoms. The van der Waals surface area contributed by atoms with Gasteiger partial charge in [0.15, 0.2) is 5.65 Å². The number of amides is 1. The van der Waals surface area contributed by atoms with Gasteiger partial charge >= 0.3 is 0 Å². The van der Waals surface area contributed by atoms with Crippen molar-refractivity contribution >= 4 is 22.8 Å². The summed E-state index contributed by atoms with van der Waals surface area (Å²) in [6.07, 6.45) is 1.37. The highest BCUT2D eigenvalue weighted by atomic mass is 16.2. The van der Waals surface area contributed by atoms with Crippen LogP contribution >= 0.6 is 0 Å². The van der Waals surface area contributed by atoms with Crippen LogP contribution in [0.5, 0.6) is 0 Å². The number of benzene rings is 1. The Hall–Kier alpha value is -2.96. The second kappa shape index (κ2) is 8.65. The zero-order chi connectivity index (χ0) is 22.1. The van der Waals surface area contributed by atoms with Gasteiger partial charge < -0.3 is 9.80 Å². The maximum atomic E-state index is 12.5. The molecule has 0 saturated carbocycles. The van der Waals surface area contributed by atoms with E-state index in [2.05, 4.69) is 56.9 Å². The zero-order valence-corrected chi connectivity index (χ0v) is 19.2. The fraction of sp³-hybridized carbons (Fsp3) is 0.500. The monoisotopic (exact) mass is 420 g/mol. The number of anilines is 1. The van der Waals surface area contributed by atoms with Crippen molar-refractivity contribution in [2.45, 2.75) is 47.5 Å². The third kappa shape index (κ3) is 4.27. The molecule has 164 valence electrons. The van der Waals surface area contributed by atoms with Crippen LogP contribution in [-0.4, -0.2) is 56.7 Å². The van der Waals surface area contributed by atoms with Crippen LogP contribution in [0.25, 0.3) is 16.7 Å². The number of piperazine rings is 1. The number of rotatable bonds is 5. The number of aryl methyl sites for hydroxylation is 3. The molecule has 0 spiro atoms. The first kappa shape index (κ1) is 21.3. The van der Waals surface area contributed by atoms with Crippen molar-refractivity contribution in [3.63, 3.8) is 0 Å². The lowest BCUT2D eigenvalue weighted by molar-refractivity contribution is -0.132. The molecule has 7 heteroatoms. The Morgan fingerprint density at radius 3 is 2.32 bits per heavy atom. The number of fused-ring (bicyclic) bond motifs is 1. The van der Waals surface area contributed by atoms with Gasteiger partial charge in [0.05, 0.1) is 16.8 Å². The van der Waals surface area contributed by atoms with Gasteiger partial charge in [-0.2, -0.15) is 5.10 Å². The summed E-state index contributed by atoms with van der Waals surface area (Å²) in [6.45, 7) is 13.4. The van der Waals surface area contributed by atoms with Crippen LogP contribution in [0, 0.1) is 19.8 Å². The number of aromatic nitrogens is 4. The van der Waals surface area contributed by atoms with E-state index in [9.17, 15) is 4.79 Å². The van der Waals surface area contributed by atoms with E-state index in [0.717, 1.165) is 66.7 Å². The van der Waals surface area contributed by atoms with E-state index in [-0.39, 0.29) is 5.91 Å². The van der Waals surface area contributed by atoms with Crippen molar-refractivity contribution < 1.29 is 4.79 Å². The molecule has 0 unspecified atom stereocenters. The van der Waals surface area contributed by atoms with Gasteiger partial charge in [-0.15, -0.1) is 0 Å². The predicted molar refractivity (Wildman–Crippen MR) is 124 cm³/mol. The average molecular weight is 421 g/mol. The topological polar surface area (TPSA) is 67.2 Å². The van der Waals surface area contributed by atoms with Gasteiger partial charge in [0.1, 0.15) is 11.6 Å². The first-order valence-electron chi connectivity index (χ1n) is 11.2. The third-order valence-corrected chi connectivity index (χ3v) is 5.84. The number of carbonyl (C=O) groups is 1. The minimum Gasteiger partial charge on any atom is -0.352 e. The quantitative estimate of drug-likeness (QED) is 0.630. The van der Waals surface area contributed by atoms with E-state index in [4.69, 9.17) is 15.1 Å². The summed E-state index contributed by atoms with van der Waals surface area (Å²) in [6, 6.07) is 8.34. The minimum atomic E-state index is 0.250. The van der Waals surface area contributed by atoms with Crippen LogP contribution in [0.3, 0.4) is 0 Å². The summed E-state index contributed by atoms with van der Waals surface area (Å²) in [5, 5.41) is 5.82. The second-order valence-electron chi connectivity index (χ2n) is 8.81. The van der Waals surface area contributed by atoms with Crippen molar-refractivity contribution in [1.82, 2.24) is 24.6 Å². The highest BCUT2D eigenvalue weighted by Gasteiger charge is 2.26. The van der Waals surface area contributed by atoms with Crippen LogP contribution in [0.2, 0.25) is 0 Å². The lowest BCUT2D eigenvalue weighted by atomic mass is 10.1. The second-order valence-corrected chi connectivity index (χ2v) is 8.81. The van der Waals surface area contributed by atoms with E-state index < -0.39 is 0 Å². The smallest absolute Gasteiger partial charge is 0.222 e. The summed E-state index contributed by atoms with van der Waals surface area (Å²) in [5.74, 6) is 2.39. The van der Waals surface area contributed by atoms with E-state index >= 15 is 0 Å². The van der Waals surface area contributed by atoms with Gasteiger partial charge in [-0.3, -0.25) is 4.79 Å². The lowest BCUT2D eigenvalue weighted by Gasteiger charge is -2.36. The normalized spacial score (nSPS) is 14.6. The standard InChI is InChI=1S/C24H32N6O/c1-6-20-25-23(29-13-11-28(12-14-29)21(31)15-16(2)3)22-18(5)27-30(24(22)26-20)19-9-7-17(4)8-10-19/h7-10,16H,6,11-15H2,1-5H3. The Kier molecular flexibility index (Phi) is 5.94. The molecule has 1 amide bonds. The molecule has 3 heterocycles. The highest BCUT2D eigenvalue weighted by Crippen LogP contribution is 2.30. The largest absolute Gasteiger partial charge is 0.352 e. The SMILES string of the molecule is CCc1nc(N2CCN(C(=O)CC(C)C)CC2)c2c(C)nn(-c3ccc(C)cc3)c2n1. The molecule has 2 aromatic heterocycles. The van der Waals surface area contributed by atoms with Gasteiger partial charge in [0.25, 0.3) is 0 Å². The molecule has 31 heavy (non-hydrogen) atoms. The van der Waals surface area contributed by atoms with Crippen LogP contribution < -0.4 is 4.90 Å². The molecular formula is C24H32N6O. The van der Waals surface area contributed by atoms with Crippen molar-refractivity contribution in [2.24, 2.45) is 5.92 Å². The number of nitrogens with zero attached hydrogens (tertiary/aromatic N) is 6. The molecule has 1 fully saturated rings. The van der Waals surface area contributed by atoms with E-state index in [1.165, 1.54) is 5.56 Å². The van der Waals surface area contributed by atoms with Crippen molar-refractivity contribution in [1.29, 1.82) is 0 Å². The van der Waals surface area contributed by atoms with Gasteiger partial charge in [0, 0.05) is 39.0 Å². The van der Waals surface area contributed by atoms with Gasteiger partial charge in [-0.1, -0.05) is 38.5 Å². The molecule has 0 atom stereocenters. The molecule has 0 N–H and O–H groups in total. The summed E-state index contributed by atoms with van der Waals surface area (Å²) < 4.78 is 1.93. The maximum absolute atomic E-state index is 12.5. The lowest BCUT2D eigenvalue weighted by Crippen LogP contribution is -2.49. The van der Waals surface area contributed by atoms with Crippen LogP contribution in [0.15, 0.2) is 24.3 Å². The molecule has 0 radical (unpaired) electrons. The molecule has 1 aliphatic rings. The Morgan fingerprint density at radius 1 is 1.03 bits per heavy atom. The van der Waals surface area contributed by atoms with E-state index in [0.29, 0.717) is 12.3 Å². The van der Waals surface area contributed by atoms with Gasteiger partial charge in [0.2, 0.25) is 5.91 Å². The Labute approximate surface area is 184 Å². The van der Waals surface area contributed by atoms with Crippen LogP contribution in [-0.2, 0) is 11.2 Å². The zero-order valence-electron chi connectivity index (χ0n) is 19.2. The van der Waals surface area contributed by atoms with Crippen molar-refractivity contribution in [2.75, 3.05) is 31.1 Å². The van der Waals surface area contributed by atoms with Gasteiger partial charge in [-0.25, -0.2) is 14.6 Å². The van der Waals surface area contributed by atoms with Crippen LogP contribution in [0.1, 0.15) is 44.3 Å². The molecule has 1 aliphatic heterocycles. The molecule has 4 rings (SSSR count). The number of carbonyl (C=O) groups excluding carboxylic acids is 1. The van der Waals surface area contributed by atoms with Crippen molar-refractivity contribution in [3.05, 3.63) is 41.3 Å². The summed E-state index contributed by atoms with van der Waals surface area (Å²) in [4.78, 5) is 26.5. The molecule has 0 aliphatic carbocycles. The molecule has 1 aromatic carbocycles. The fourth-order valence-electron chi connectivity index (χ4n) is 4.10. The van der Waals surface area contributed by atoms with Crippen LogP contribution in [0.4, 0.5) is 5.82 Å². The summed E-state index contributed by atoms with van der Waals surface area (Å²) >= 11 is 0. The average Bonchev–Trinajstić information content (AvgIpc) is 3.09. The number of hydrogen-bond acceptors (Lipinski definition) is 5. The Morgan fingerprint density at radius 2 is 1.71 bits per heavy atom. The minimum absolute atomic E-state index is 0.250. The maximum Gasteiger partial charge on any atom is 0.222 e. The number of hydrogen-bond donors (Lipinski definition) is 0. The summed E-state index contributed by atoms with van der Waals surface area (Å²) in [5.41, 5.74) is 3.99. The summed E-state index contributed by atoms with van der Waals surface area (Å²) in [7, 11) is 0. The molecule has 3 aromatic rings. The van der Waals surface area contributed by atoms with Crippen molar-refractivity contribution in [3.8, 4) is 5.69 Å². The Balaban J connectivity index is 1.69. The van der Waals surface area contributed by atoms with E-state index in [1.807, 2.05) is 16.5 Å². The van der Waals surface area contributed by atoms with E-state index in [1.54, 1.807) is 0 Å². The molecular weight excluding hydrogens is 388 g/mol.